The number of rotatable bonds is 7. The lowest BCUT2D eigenvalue weighted by molar-refractivity contribution is 0.122. The second-order valence-corrected chi connectivity index (χ2v) is 8.21. The molecule has 0 radical (unpaired) electrons. The summed E-state index contributed by atoms with van der Waals surface area (Å²) in [5.74, 6) is 2.59. The molecule has 182 valence electrons. The standard InChI is InChI=1S/C26H25N7O3/c1-17-28-13-18(14-29-17)16-36-23-6-3-19(11-24(23)34-2)31-21-4-5-22-26(20(21)12-27)32-25(15-30-22)33-7-9-35-10-8-33/h3-6,11,13-15,31H,7-10,16H2,1-2H3. The number of hydrogen-bond acceptors (Lipinski definition) is 10. The second kappa shape index (κ2) is 10.4. The van der Waals surface area contributed by atoms with Crippen LogP contribution in [0.4, 0.5) is 17.2 Å². The zero-order valence-corrected chi connectivity index (χ0v) is 20.1. The summed E-state index contributed by atoms with van der Waals surface area (Å²) in [4.78, 5) is 19.8. The smallest absolute Gasteiger partial charge is 0.162 e. The molecule has 1 saturated heterocycles. The first-order valence-electron chi connectivity index (χ1n) is 11.5. The van der Waals surface area contributed by atoms with Crippen LogP contribution >= 0.6 is 0 Å². The van der Waals surface area contributed by atoms with E-state index < -0.39 is 0 Å². The highest BCUT2D eigenvalue weighted by Crippen LogP contribution is 2.34. The lowest BCUT2D eigenvalue weighted by Gasteiger charge is -2.27. The van der Waals surface area contributed by atoms with Gasteiger partial charge in [-0.25, -0.2) is 15.0 Å². The van der Waals surface area contributed by atoms with Crippen LogP contribution in [-0.4, -0.2) is 53.3 Å². The number of aryl methyl sites for hydroxylation is 1. The van der Waals surface area contributed by atoms with Crippen molar-refractivity contribution < 1.29 is 14.2 Å². The molecule has 0 bridgehead atoms. The molecule has 0 saturated carbocycles. The number of aromatic nitrogens is 4. The Morgan fingerprint density at radius 2 is 1.86 bits per heavy atom. The predicted molar refractivity (Wildman–Crippen MR) is 135 cm³/mol. The van der Waals surface area contributed by atoms with E-state index in [-0.39, 0.29) is 0 Å². The van der Waals surface area contributed by atoms with Crippen LogP contribution < -0.4 is 19.7 Å². The van der Waals surface area contributed by atoms with Gasteiger partial charge in [-0.2, -0.15) is 5.26 Å². The highest BCUT2D eigenvalue weighted by molar-refractivity contribution is 5.89. The fraction of sp³-hybridized carbons (Fsp3) is 0.269. The Bertz CT molecular complexity index is 1410. The molecule has 0 atom stereocenters. The molecular formula is C26H25N7O3. The molecular weight excluding hydrogens is 458 g/mol. The molecule has 2 aromatic carbocycles. The van der Waals surface area contributed by atoms with Crippen molar-refractivity contribution in [3.63, 3.8) is 0 Å². The van der Waals surface area contributed by atoms with Crippen molar-refractivity contribution in [3.05, 3.63) is 65.9 Å². The third-order valence-corrected chi connectivity index (χ3v) is 5.82. The fourth-order valence-corrected chi connectivity index (χ4v) is 3.91. The van der Waals surface area contributed by atoms with Gasteiger partial charge in [-0.3, -0.25) is 4.98 Å². The van der Waals surface area contributed by atoms with Gasteiger partial charge in [0.1, 0.15) is 35.4 Å². The van der Waals surface area contributed by atoms with Crippen molar-refractivity contribution in [2.45, 2.75) is 13.5 Å². The normalized spacial score (nSPS) is 13.3. The van der Waals surface area contributed by atoms with Crippen molar-refractivity contribution in [2.75, 3.05) is 43.6 Å². The minimum atomic E-state index is 0.316. The number of benzene rings is 2. The molecule has 10 nitrogen and oxygen atoms in total. The number of ether oxygens (including phenoxy) is 3. The summed E-state index contributed by atoms with van der Waals surface area (Å²) in [6.07, 6.45) is 5.22. The Morgan fingerprint density at radius 1 is 1.06 bits per heavy atom. The maximum atomic E-state index is 9.99. The number of morpholine rings is 1. The van der Waals surface area contributed by atoms with E-state index in [1.807, 2.05) is 37.3 Å². The Balaban J connectivity index is 1.39. The van der Waals surface area contributed by atoms with E-state index in [1.54, 1.807) is 25.7 Å². The van der Waals surface area contributed by atoms with Crippen LogP contribution in [0, 0.1) is 18.3 Å². The summed E-state index contributed by atoms with van der Waals surface area (Å²) in [5, 5.41) is 13.3. The molecule has 1 aliphatic rings. The molecule has 0 unspecified atom stereocenters. The van der Waals surface area contributed by atoms with Gasteiger partial charge in [0.25, 0.3) is 0 Å². The second-order valence-electron chi connectivity index (χ2n) is 8.21. The number of nitrogens with zero attached hydrogens (tertiary/aromatic N) is 6. The van der Waals surface area contributed by atoms with E-state index in [9.17, 15) is 5.26 Å². The quantitative estimate of drug-likeness (QED) is 0.416. The molecule has 1 aliphatic heterocycles. The molecule has 5 rings (SSSR count). The van der Waals surface area contributed by atoms with Crippen LogP contribution in [0.3, 0.4) is 0 Å². The Hall–Kier alpha value is -4.49. The van der Waals surface area contributed by atoms with Crippen LogP contribution in [0.15, 0.2) is 48.9 Å². The van der Waals surface area contributed by atoms with Crippen LogP contribution in [0.1, 0.15) is 17.0 Å². The Labute approximate surface area is 208 Å². The van der Waals surface area contributed by atoms with Gasteiger partial charge in [-0.15, -0.1) is 0 Å². The highest BCUT2D eigenvalue weighted by Gasteiger charge is 2.17. The molecule has 36 heavy (non-hydrogen) atoms. The molecule has 1 N–H and O–H groups in total. The lowest BCUT2D eigenvalue weighted by Crippen LogP contribution is -2.36. The number of anilines is 3. The minimum absolute atomic E-state index is 0.316. The van der Waals surface area contributed by atoms with E-state index in [4.69, 9.17) is 19.2 Å². The third-order valence-electron chi connectivity index (χ3n) is 5.82. The van der Waals surface area contributed by atoms with Crippen molar-refractivity contribution >= 4 is 28.2 Å². The fourth-order valence-electron chi connectivity index (χ4n) is 3.91. The van der Waals surface area contributed by atoms with Crippen LogP contribution in [-0.2, 0) is 11.3 Å². The summed E-state index contributed by atoms with van der Waals surface area (Å²) in [7, 11) is 1.58. The van der Waals surface area contributed by atoms with Crippen molar-refractivity contribution in [3.8, 4) is 17.6 Å². The topological polar surface area (TPSA) is 118 Å². The number of methoxy groups -OCH3 is 1. The minimum Gasteiger partial charge on any atom is -0.493 e. The van der Waals surface area contributed by atoms with E-state index in [0.29, 0.717) is 59.4 Å². The van der Waals surface area contributed by atoms with Crippen LogP contribution in [0.25, 0.3) is 11.0 Å². The number of hydrogen-bond donors (Lipinski definition) is 1. The van der Waals surface area contributed by atoms with E-state index in [0.717, 1.165) is 30.2 Å². The Kier molecular flexibility index (Phi) is 6.73. The van der Waals surface area contributed by atoms with Crippen LogP contribution in [0.5, 0.6) is 11.5 Å². The van der Waals surface area contributed by atoms with Crippen molar-refractivity contribution in [1.82, 2.24) is 19.9 Å². The average Bonchev–Trinajstić information content (AvgIpc) is 2.93. The maximum absolute atomic E-state index is 9.99. The van der Waals surface area contributed by atoms with E-state index in [1.165, 1.54) is 0 Å². The van der Waals surface area contributed by atoms with Gasteiger partial charge in [-0.1, -0.05) is 0 Å². The van der Waals surface area contributed by atoms with E-state index >= 15 is 0 Å². The first kappa shape index (κ1) is 23.3. The SMILES string of the molecule is COc1cc(Nc2ccc3ncc(N4CCOCC4)nc3c2C#N)ccc1OCc1cnc(C)nc1. The molecule has 4 aromatic rings. The van der Waals surface area contributed by atoms with Gasteiger partial charge in [0, 0.05) is 42.8 Å². The summed E-state index contributed by atoms with van der Waals surface area (Å²) < 4.78 is 16.9. The average molecular weight is 484 g/mol. The van der Waals surface area contributed by atoms with Crippen LogP contribution in [0.2, 0.25) is 0 Å². The lowest BCUT2D eigenvalue weighted by atomic mass is 10.1. The van der Waals surface area contributed by atoms with Gasteiger partial charge < -0.3 is 24.4 Å². The largest absolute Gasteiger partial charge is 0.493 e. The zero-order chi connectivity index (χ0) is 24.9. The number of nitriles is 1. The monoisotopic (exact) mass is 483 g/mol. The first-order chi connectivity index (χ1) is 17.6. The summed E-state index contributed by atoms with van der Waals surface area (Å²) in [5.41, 5.74) is 3.87. The third kappa shape index (κ3) is 4.96. The summed E-state index contributed by atoms with van der Waals surface area (Å²) in [6, 6.07) is 11.5. The first-order valence-corrected chi connectivity index (χ1v) is 11.5. The van der Waals surface area contributed by atoms with Gasteiger partial charge in [-0.05, 0) is 31.2 Å². The van der Waals surface area contributed by atoms with E-state index in [2.05, 4.69) is 31.2 Å². The summed E-state index contributed by atoms with van der Waals surface area (Å²) >= 11 is 0. The van der Waals surface area contributed by atoms with Gasteiger partial charge in [0.05, 0.1) is 37.7 Å². The molecule has 1 fully saturated rings. The number of fused-ring (bicyclic) bond motifs is 1. The van der Waals surface area contributed by atoms with Gasteiger partial charge >= 0.3 is 0 Å². The summed E-state index contributed by atoms with van der Waals surface area (Å²) in [6.45, 7) is 4.93. The van der Waals surface area contributed by atoms with Crippen molar-refractivity contribution in [1.29, 1.82) is 5.26 Å². The Morgan fingerprint density at radius 3 is 2.61 bits per heavy atom. The van der Waals surface area contributed by atoms with Crippen molar-refractivity contribution in [2.24, 2.45) is 0 Å². The van der Waals surface area contributed by atoms with Gasteiger partial charge in [0.15, 0.2) is 11.5 Å². The molecule has 10 heteroatoms. The molecule has 2 aromatic heterocycles. The molecule has 0 spiro atoms. The highest BCUT2D eigenvalue weighted by atomic mass is 16.5. The number of nitrogens with one attached hydrogen (secondary N) is 1. The predicted octanol–water partition coefficient (Wildman–Crippen LogP) is 3.77. The molecule has 0 aliphatic carbocycles. The van der Waals surface area contributed by atoms with Gasteiger partial charge in [0.2, 0.25) is 0 Å². The molecule has 0 amide bonds. The molecule has 3 heterocycles. The maximum Gasteiger partial charge on any atom is 0.162 e. The zero-order valence-electron chi connectivity index (χ0n) is 20.1.